The second-order valence-electron chi connectivity index (χ2n) is 5.32. The normalized spacial score (nSPS) is 10.8. The van der Waals surface area contributed by atoms with Crippen LogP contribution in [-0.4, -0.2) is 18.7 Å². The number of aromatic nitrogens is 1. The topological polar surface area (TPSA) is 12.9 Å². The summed E-state index contributed by atoms with van der Waals surface area (Å²) in [5, 5.41) is 2.14. The van der Waals surface area contributed by atoms with Crippen LogP contribution in [0, 0.1) is 0 Å². The molecule has 2 heterocycles. The molecule has 0 amide bonds. The minimum absolute atomic E-state index is 0.152. The van der Waals surface area contributed by atoms with E-state index >= 15 is 0 Å². The van der Waals surface area contributed by atoms with Gasteiger partial charge in [0.25, 0.3) is 0 Å². The van der Waals surface area contributed by atoms with Crippen LogP contribution in [0.1, 0.15) is 10.6 Å². The Morgan fingerprint density at radius 1 is 0.783 bits per heavy atom. The first-order valence-electron chi connectivity index (χ1n) is 7.53. The molecular weight excluding hydrogens is 365 g/mol. The van der Waals surface area contributed by atoms with Crippen molar-refractivity contribution in [2.75, 3.05) is 0 Å². The molecule has 0 fully saturated rings. The molecule has 1 nitrogen and oxygen atoms in total. The van der Waals surface area contributed by atoms with Crippen molar-refractivity contribution in [1.29, 1.82) is 0 Å². The molecule has 0 spiro atoms. The second kappa shape index (κ2) is 6.67. The van der Waals surface area contributed by atoms with Gasteiger partial charge in [0.2, 0.25) is 0 Å². The Bertz CT molecular complexity index is 880. The number of thiophene rings is 1. The fraction of sp³-hybridized carbons (Fsp3) is 0.0500. The van der Waals surface area contributed by atoms with E-state index in [-0.39, 0.29) is 14.7 Å². The zero-order valence-corrected chi connectivity index (χ0v) is 15.0. The summed E-state index contributed by atoms with van der Waals surface area (Å²) in [4.78, 5) is 1.38. The summed E-state index contributed by atoms with van der Waals surface area (Å²) >= 11 is 1.96. The van der Waals surface area contributed by atoms with E-state index in [0.29, 0.717) is 0 Å². The van der Waals surface area contributed by atoms with E-state index in [4.69, 9.17) is 3.98 Å². The van der Waals surface area contributed by atoms with Crippen molar-refractivity contribution in [3.8, 4) is 21.1 Å². The molecule has 0 N–H and O–H groups in total. The Labute approximate surface area is 146 Å². The van der Waals surface area contributed by atoms with Crippen molar-refractivity contribution >= 4 is 26.1 Å². The summed E-state index contributed by atoms with van der Waals surface area (Å²) in [6.45, 7) is 0. The zero-order chi connectivity index (χ0) is 15.5. The summed E-state index contributed by atoms with van der Waals surface area (Å²) in [6, 6.07) is 25.7. The van der Waals surface area contributed by atoms with Crippen LogP contribution < -0.4 is 0 Å². The van der Waals surface area contributed by atoms with Crippen molar-refractivity contribution in [2.45, 2.75) is 6.42 Å². The summed E-state index contributed by atoms with van der Waals surface area (Å²) in [6.07, 6.45) is 0.931. The molecule has 112 valence electrons. The van der Waals surface area contributed by atoms with Crippen LogP contribution in [0.2, 0.25) is 0 Å². The monoisotopic (exact) mass is 381 g/mol. The summed E-state index contributed by atoms with van der Waals surface area (Å²) < 4.78 is 6.34. The molecule has 0 aliphatic heterocycles. The fourth-order valence-electron chi connectivity index (χ4n) is 2.71. The van der Waals surface area contributed by atoms with Crippen molar-refractivity contribution < 1.29 is 0 Å². The first-order valence-corrected chi connectivity index (χ1v) is 10.0. The Morgan fingerprint density at radius 3 is 2.13 bits per heavy atom. The molecular formula is C20H15NSSe. The van der Waals surface area contributed by atoms with E-state index < -0.39 is 0 Å². The molecule has 3 heteroatoms. The van der Waals surface area contributed by atoms with Gasteiger partial charge in [0.05, 0.1) is 0 Å². The molecule has 2 aromatic heterocycles. The SMILES string of the molecule is c1ccc(-c2[se]nc(Cc3cccs3)c2-c2ccccc2)cc1. The van der Waals surface area contributed by atoms with Gasteiger partial charge < -0.3 is 0 Å². The van der Waals surface area contributed by atoms with Crippen LogP contribution in [0.25, 0.3) is 21.1 Å². The predicted molar refractivity (Wildman–Crippen MR) is 99.2 cm³/mol. The maximum atomic E-state index is 4.94. The summed E-state index contributed by atoms with van der Waals surface area (Å²) in [5.41, 5.74) is 5.15. The van der Waals surface area contributed by atoms with Crippen LogP contribution >= 0.6 is 11.3 Å². The average molecular weight is 380 g/mol. The van der Waals surface area contributed by atoms with Crippen LogP contribution in [0.4, 0.5) is 0 Å². The Morgan fingerprint density at radius 2 is 1.48 bits per heavy atom. The van der Waals surface area contributed by atoms with E-state index in [9.17, 15) is 0 Å². The van der Waals surface area contributed by atoms with Crippen LogP contribution in [0.3, 0.4) is 0 Å². The van der Waals surface area contributed by atoms with E-state index in [1.807, 2.05) is 11.3 Å². The molecule has 2 aromatic carbocycles. The number of benzene rings is 2. The van der Waals surface area contributed by atoms with Gasteiger partial charge in [0, 0.05) is 0 Å². The molecule has 0 radical (unpaired) electrons. The second-order valence-corrected chi connectivity index (χ2v) is 7.98. The van der Waals surface area contributed by atoms with Crippen molar-refractivity contribution in [2.24, 2.45) is 0 Å². The first kappa shape index (κ1) is 14.6. The molecule has 23 heavy (non-hydrogen) atoms. The van der Waals surface area contributed by atoms with E-state index in [1.54, 1.807) is 0 Å². The Hall–Kier alpha value is -1.93. The third-order valence-corrected chi connectivity index (χ3v) is 6.62. The molecule has 0 saturated carbocycles. The Kier molecular flexibility index (Phi) is 4.25. The van der Waals surface area contributed by atoms with Gasteiger partial charge in [-0.05, 0) is 0 Å². The Balaban J connectivity index is 1.86. The van der Waals surface area contributed by atoms with Crippen LogP contribution in [0.5, 0.6) is 0 Å². The van der Waals surface area contributed by atoms with Gasteiger partial charge in [-0.15, -0.1) is 0 Å². The predicted octanol–water partition coefficient (Wildman–Crippen LogP) is 5.12. The molecule has 0 atom stereocenters. The zero-order valence-electron chi connectivity index (χ0n) is 12.5. The van der Waals surface area contributed by atoms with Crippen molar-refractivity contribution in [3.05, 3.63) is 88.7 Å². The molecule has 0 bridgehead atoms. The molecule has 0 aliphatic rings. The summed E-state index contributed by atoms with van der Waals surface area (Å²) in [7, 11) is 0. The minimum atomic E-state index is 0.152. The van der Waals surface area contributed by atoms with Gasteiger partial charge in [-0.3, -0.25) is 0 Å². The van der Waals surface area contributed by atoms with Gasteiger partial charge in [-0.25, -0.2) is 0 Å². The fourth-order valence-corrected chi connectivity index (χ4v) is 5.36. The molecule has 4 aromatic rings. The van der Waals surface area contributed by atoms with Gasteiger partial charge in [-0.1, -0.05) is 0 Å². The van der Waals surface area contributed by atoms with Crippen LogP contribution in [-0.2, 0) is 6.42 Å². The molecule has 0 unspecified atom stereocenters. The third-order valence-electron chi connectivity index (χ3n) is 3.78. The third kappa shape index (κ3) is 3.09. The van der Waals surface area contributed by atoms with Crippen LogP contribution in [0.15, 0.2) is 78.2 Å². The molecule has 4 rings (SSSR count). The summed E-state index contributed by atoms with van der Waals surface area (Å²) in [5.74, 6) is 0. The number of hydrogen-bond acceptors (Lipinski definition) is 2. The van der Waals surface area contributed by atoms with E-state index in [2.05, 4.69) is 78.2 Å². The van der Waals surface area contributed by atoms with E-state index in [1.165, 1.54) is 31.7 Å². The standard InChI is InChI=1S/C20H15NSSe/c1-3-8-15(9-4-1)19-18(14-17-12-7-13-22-17)21-23-20(19)16-10-5-2-6-11-16/h1-13H,14H2. The average Bonchev–Trinajstić information content (AvgIpc) is 3.27. The van der Waals surface area contributed by atoms with Gasteiger partial charge >= 0.3 is 146 Å². The number of nitrogens with zero attached hydrogens (tertiary/aromatic N) is 1. The molecule has 0 saturated heterocycles. The van der Waals surface area contributed by atoms with Crippen molar-refractivity contribution in [1.82, 2.24) is 3.98 Å². The van der Waals surface area contributed by atoms with Gasteiger partial charge in [0.15, 0.2) is 0 Å². The quantitative estimate of drug-likeness (QED) is 0.448. The maximum absolute atomic E-state index is 4.94. The van der Waals surface area contributed by atoms with Gasteiger partial charge in [-0.2, -0.15) is 0 Å². The van der Waals surface area contributed by atoms with E-state index in [0.717, 1.165) is 6.42 Å². The first-order chi connectivity index (χ1) is 11.4. The van der Waals surface area contributed by atoms with Crippen molar-refractivity contribution in [3.63, 3.8) is 0 Å². The number of hydrogen-bond donors (Lipinski definition) is 0. The molecule has 0 aliphatic carbocycles. The van der Waals surface area contributed by atoms with Gasteiger partial charge in [0.1, 0.15) is 0 Å². The number of rotatable bonds is 4.